The molecule has 3 aromatic rings. The molecule has 0 saturated carbocycles. The molecule has 10 atom stereocenters. The molecule has 0 bridgehead atoms. The summed E-state index contributed by atoms with van der Waals surface area (Å²) in [5, 5.41) is 10.9. The van der Waals surface area contributed by atoms with Crippen molar-refractivity contribution < 1.29 is 47.9 Å². The first-order chi connectivity index (χ1) is 25.1. The van der Waals surface area contributed by atoms with E-state index in [9.17, 15) is 14.7 Å². The van der Waals surface area contributed by atoms with Gasteiger partial charge in [-0.3, -0.25) is 0 Å². The van der Waals surface area contributed by atoms with Crippen LogP contribution in [-0.4, -0.2) is 91.5 Å². The number of carbonyl (C=O) groups excluding carboxylic acids is 2. The van der Waals surface area contributed by atoms with Crippen molar-refractivity contribution >= 4 is 12.1 Å². The van der Waals surface area contributed by atoms with E-state index in [1.807, 2.05) is 101 Å². The number of hydrogen-bond acceptors (Lipinski definition) is 10. The first-order valence-corrected chi connectivity index (χ1v) is 18.2. The summed E-state index contributed by atoms with van der Waals surface area (Å²) >= 11 is 0. The third-order valence-electron chi connectivity index (χ3n) is 10.0. The zero-order valence-corrected chi connectivity index (χ0v) is 30.7. The lowest BCUT2D eigenvalue weighted by molar-refractivity contribution is -0.334. The van der Waals surface area contributed by atoms with E-state index in [-0.39, 0.29) is 56.4 Å². The highest BCUT2D eigenvalue weighted by molar-refractivity contribution is 5.89. The molecule has 0 spiro atoms. The highest BCUT2D eigenvalue weighted by Gasteiger charge is 2.49. The van der Waals surface area contributed by atoms with Gasteiger partial charge < -0.3 is 43.2 Å². The van der Waals surface area contributed by atoms with E-state index in [4.69, 9.17) is 33.2 Å². The number of aliphatic hydroxyl groups excluding tert-OH is 1. The lowest BCUT2D eigenvalue weighted by atomic mass is 9.86. The summed E-state index contributed by atoms with van der Waals surface area (Å²) in [6.45, 7) is 11.1. The van der Waals surface area contributed by atoms with Gasteiger partial charge >= 0.3 is 12.1 Å². The first-order valence-electron chi connectivity index (χ1n) is 18.2. The van der Waals surface area contributed by atoms with E-state index in [0.29, 0.717) is 18.7 Å². The van der Waals surface area contributed by atoms with E-state index in [1.165, 1.54) is 0 Å². The summed E-state index contributed by atoms with van der Waals surface area (Å²) in [5.41, 5.74) is 2.26. The minimum absolute atomic E-state index is 0.0611. The molecule has 11 nitrogen and oxygen atoms in total. The van der Waals surface area contributed by atoms with Gasteiger partial charge in [0.25, 0.3) is 0 Å². The summed E-state index contributed by atoms with van der Waals surface area (Å²) in [6.07, 6.45) is -4.88. The maximum absolute atomic E-state index is 13.4. The summed E-state index contributed by atoms with van der Waals surface area (Å²) < 4.78 is 42.9. The van der Waals surface area contributed by atoms with Gasteiger partial charge in [0.2, 0.25) is 0 Å². The fraction of sp³-hybridized carbons (Fsp3) is 0.512. The smallest absolute Gasteiger partial charge is 0.410 e. The van der Waals surface area contributed by atoms with Crippen LogP contribution in [0.1, 0.15) is 56.1 Å². The zero-order chi connectivity index (χ0) is 37.0. The maximum atomic E-state index is 13.4. The lowest BCUT2D eigenvalue weighted by Gasteiger charge is -2.47. The third-order valence-corrected chi connectivity index (χ3v) is 10.0. The van der Waals surface area contributed by atoms with Crippen LogP contribution in [0.3, 0.4) is 0 Å². The maximum Gasteiger partial charge on any atom is 0.410 e. The van der Waals surface area contributed by atoms with Crippen LogP contribution in [0.5, 0.6) is 0 Å². The molecule has 0 aliphatic carbocycles. The number of amides is 1. The third kappa shape index (κ3) is 10.6. The van der Waals surface area contributed by atoms with Crippen LogP contribution >= 0.6 is 0 Å². The van der Waals surface area contributed by atoms with Crippen molar-refractivity contribution in [2.75, 3.05) is 26.4 Å². The van der Waals surface area contributed by atoms with E-state index in [1.54, 1.807) is 29.2 Å². The highest BCUT2D eigenvalue weighted by Crippen LogP contribution is 2.37. The SMILES string of the molecule is CC1[C@H](O[C@@H]2C(OC(=O)c3ccccc3)[C@H](OCCOCCN(Cc3ccccc3)C(=O)OCc3ccccc3)OC(C)[C@@H]2C)OC(C)[C@H](C)[C@@H]1O. The van der Waals surface area contributed by atoms with Crippen molar-refractivity contribution in [1.82, 2.24) is 4.90 Å². The van der Waals surface area contributed by atoms with Gasteiger partial charge in [-0.05, 0) is 37.1 Å². The number of aliphatic hydroxyl groups is 1. The number of benzene rings is 3. The Morgan fingerprint density at radius 3 is 1.96 bits per heavy atom. The van der Waals surface area contributed by atoms with Crippen molar-refractivity contribution in [3.63, 3.8) is 0 Å². The van der Waals surface area contributed by atoms with Crippen molar-refractivity contribution in [2.45, 2.75) is 90.9 Å². The number of hydrogen-bond donors (Lipinski definition) is 1. The Kier molecular flexibility index (Phi) is 14.6. The predicted molar refractivity (Wildman–Crippen MR) is 193 cm³/mol. The van der Waals surface area contributed by atoms with Crippen molar-refractivity contribution in [3.05, 3.63) is 108 Å². The van der Waals surface area contributed by atoms with Crippen LogP contribution in [0, 0.1) is 17.8 Å². The summed E-state index contributed by atoms with van der Waals surface area (Å²) in [5.74, 6) is -1.11. The van der Waals surface area contributed by atoms with E-state index >= 15 is 0 Å². The fourth-order valence-electron chi connectivity index (χ4n) is 6.40. The van der Waals surface area contributed by atoms with Gasteiger partial charge in [0.15, 0.2) is 18.7 Å². The minimum atomic E-state index is -0.963. The number of carbonyl (C=O) groups is 2. The Balaban J connectivity index is 1.20. The topological polar surface area (TPSA) is 122 Å². The van der Waals surface area contributed by atoms with Gasteiger partial charge in [0.05, 0.1) is 43.7 Å². The predicted octanol–water partition coefficient (Wildman–Crippen LogP) is 6.23. The van der Waals surface area contributed by atoms with E-state index in [0.717, 1.165) is 11.1 Å². The molecule has 1 amide bonds. The van der Waals surface area contributed by atoms with Gasteiger partial charge in [0.1, 0.15) is 12.7 Å². The van der Waals surface area contributed by atoms with Gasteiger partial charge in [-0.1, -0.05) is 99.6 Å². The second-order valence-electron chi connectivity index (χ2n) is 13.8. The van der Waals surface area contributed by atoms with Crippen molar-refractivity contribution in [3.8, 4) is 0 Å². The molecule has 3 aromatic carbocycles. The highest BCUT2D eigenvalue weighted by atomic mass is 16.7. The molecule has 0 aromatic heterocycles. The van der Waals surface area contributed by atoms with Crippen LogP contribution < -0.4 is 0 Å². The van der Waals surface area contributed by atoms with Gasteiger partial charge in [0, 0.05) is 30.8 Å². The second kappa shape index (κ2) is 19.3. The van der Waals surface area contributed by atoms with Gasteiger partial charge in [-0.2, -0.15) is 0 Å². The zero-order valence-electron chi connectivity index (χ0n) is 30.7. The van der Waals surface area contributed by atoms with Gasteiger partial charge in [-0.15, -0.1) is 0 Å². The Bertz CT molecular complexity index is 1510. The molecule has 2 heterocycles. The second-order valence-corrected chi connectivity index (χ2v) is 13.8. The quantitative estimate of drug-likeness (QED) is 0.143. The largest absolute Gasteiger partial charge is 0.451 e. The monoisotopic (exact) mass is 719 g/mol. The van der Waals surface area contributed by atoms with Crippen LogP contribution in [0.15, 0.2) is 91.0 Å². The molecule has 0 radical (unpaired) electrons. The molecule has 1 N–H and O–H groups in total. The Morgan fingerprint density at radius 1 is 0.692 bits per heavy atom. The summed E-state index contributed by atoms with van der Waals surface area (Å²) in [6, 6.07) is 28.0. The average molecular weight is 720 g/mol. The number of rotatable bonds is 15. The van der Waals surface area contributed by atoms with Crippen LogP contribution in [0.2, 0.25) is 0 Å². The molecule has 282 valence electrons. The average Bonchev–Trinajstić information content (AvgIpc) is 3.16. The molecule has 4 unspecified atom stereocenters. The molecular weight excluding hydrogens is 666 g/mol. The molecule has 11 heteroatoms. The molecule has 52 heavy (non-hydrogen) atoms. The van der Waals surface area contributed by atoms with Crippen molar-refractivity contribution in [2.24, 2.45) is 17.8 Å². The van der Waals surface area contributed by atoms with Crippen LogP contribution in [-0.2, 0) is 46.3 Å². The Hall–Kier alpha value is -3.84. The number of ether oxygens (including phenoxy) is 7. The molecular formula is C41H53NO10. The molecule has 2 aliphatic heterocycles. The minimum Gasteiger partial charge on any atom is -0.451 e. The van der Waals surface area contributed by atoms with Gasteiger partial charge in [-0.25, -0.2) is 9.59 Å². The Morgan fingerprint density at radius 2 is 1.29 bits per heavy atom. The Labute approximate surface area is 307 Å². The van der Waals surface area contributed by atoms with E-state index < -0.39 is 43.0 Å². The standard InChI is InChI=1S/C41H53NO10/c1-27-30(4)49-39(29(3)35(27)43)52-36-28(2)31(5)50-40(37(36)51-38(44)34-19-13-8-14-20-34)47-24-23-46-22-21-42(25-32-15-9-6-10-16-32)41(45)48-26-33-17-11-7-12-18-33/h6-20,27-31,35-37,39-40,43H,21-26H2,1-5H3/t27-,28-,29?,30?,31?,35-,36-,37?,39-,40+/m0/s1. The summed E-state index contributed by atoms with van der Waals surface area (Å²) in [7, 11) is 0. The summed E-state index contributed by atoms with van der Waals surface area (Å²) in [4.78, 5) is 28.1. The molecule has 5 rings (SSSR count). The lowest BCUT2D eigenvalue weighted by Crippen LogP contribution is -2.59. The molecule has 2 saturated heterocycles. The molecule has 2 aliphatic rings. The first kappa shape index (κ1) is 39.4. The van der Waals surface area contributed by atoms with Crippen LogP contribution in [0.4, 0.5) is 4.79 Å². The number of nitrogens with zero attached hydrogens (tertiary/aromatic N) is 1. The normalized spacial score (nSPS) is 28.9. The fourth-order valence-corrected chi connectivity index (χ4v) is 6.40. The molecule has 2 fully saturated rings. The van der Waals surface area contributed by atoms with E-state index in [2.05, 4.69) is 0 Å². The van der Waals surface area contributed by atoms with Crippen LogP contribution in [0.25, 0.3) is 0 Å². The number of esters is 1. The van der Waals surface area contributed by atoms with Crippen molar-refractivity contribution in [1.29, 1.82) is 0 Å².